The lowest BCUT2D eigenvalue weighted by Crippen LogP contribution is -2.03. The molecule has 3 nitrogen and oxygen atoms in total. The van der Waals surface area contributed by atoms with E-state index >= 15 is 0 Å². The third-order valence-corrected chi connectivity index (χ3v) is 4.56. The molecule has 0 aliphatic rings. The molecule has 0 aliphatic carbocycles. The molecule has 0 aliphatic heterocycles. The minimum Gasteiger partial charge on any atom is -0.494 e. The predicted octanol–water partition coefficient (Wildman–Crippen LogP) is 7.13. The maximum Gasteiger partial charge on any atom is 0.336 e. The molecule has 0 unspecified atom stereocenters. The molecule has 0 spiro atoms. The second kappa shape index (κ2) is 13.4. The molecule has 3 heteroatoms. The lowest BCUT2D eigenvalue weighted by molar-refractivity contribution is -0.128. The number of hydrogen-bond acceptors (Lipinski definition) is 3. The van der Waals surface area contributed by atoms with Gasteiger partial charge in [-0.15, -0.1) is 0 Å². The molecule has 0 aromatic heterocycles. The van der Waals surface area contributed by atoms with E-state index in [-0.39, 0.29) is 5.97 Å². The van der Waals surface area contributed by atoms with Crippen LogP contribution in [0.15, 0.2) is 72.8 Å². The number of ether oxygens (including phenoxy) is 2. The van der Waals surface area contributed by atoms with Gasteiger partial charge in [-0.3, -0.25) is 0 Å². The summed E-state index contributed by atoms with van der Waals surface area (Å²) in [6.07, 6.45) is 14.3. The van der Waals surface area contributed by atoms with Crippen molar-refractivity contribution in [2.75, 3.05) is 6.61 Å². The van der Waals surface area contributed by atoms with Crippen molar-refractivity contribution in [3.05, 3.63) is 72.8 Å². The summed E-state index contributed by atoms with van der Waals surface area (Å²) in [6, 6.07) is 15.6. The number of benzene rings is 2. The molecule has 0 amide bonds. The highest BCUT2D eigenvalue weighted by Gasteiger charge is 2.03. The summed E-state index contributed by atoms with van der Waals surface area (Å²) in [5, 5.41) is 0. The highest BCUT2D eigenvalue weighted by atomic mass is 16.5. The Balaban J connectivity index is 1.79. The molecule has 0 bridgehead atoms. The first-order chi connectivity index (χ1) is 14.2. The van der Waals surface area contributed by atoms with Crippen molar-refractivity contribution in [1.29, 1.82) is 0 Å². The Morgan fingerprint density at radius 3 is 2.00 bits per heavy atom. The minimum atomic E-state index is -0.386. The monoisotopic (exact) mass is 392 g/mol. The quantitative estimate of drug-likeness (QED) is 0.127. The number of rotatable bonds is 12. The van der Waals surface area contributed by atoms with Gasteiger partial charge >= 0.3 is 5.97 Å². The van der Waals surface area contributed by atoms with E-state index in [1.807, 2.05) is 37.3 Å². The lowest BCUT2D eigenvalue weighted by atomic mass is 10.1. The molecule has 0 fully saturated rings. The van der Waals surface area contributed by atoms with Crippen molar-refractivity contribution in [3.63, 3.8) is 0 Å². The Labute approximate surface area is 175 Å². The van der Waals surface area contributed by atoms with Crippen LogP contribution in [0.2, 0.25) is 0 Å². The van der Waals surface area contributed by atoms with Crippen LogP contribution in [0.5, 0.6) is 11.5 Å². The van der Waals surface area contributed by atoms with Gasteiger partial charge in [0.25, 0.3) is 0 Å². The normalized spacial score (nSPS) is 11.2. The zero-order chi connectivity index (χ0) is 20.7. The summed E-state index contributed by atoms with van der Waals surface area (Å²) in [6.45, 7) is 4.90. The highest BCUT2D eigenvalue weighted by molar-refractivity contribution is 5.84. The summed E-state index contributed by atoms with van der Waals surface area (Å²) in [7, 11) is 0. The van der Waals surface area contributed by atoms with Crippen LogP contribution in [0.3, 0.4) is 0 Å². The standard InChI is InChI=1S/C26H32O3/c1-3-5-7-8-9-11-21-28-24-17-13-22(14-18-24)23-15-19-25(20-16-23)29-26(27)12-10-6-4-2/h4,6,10,12-20H,3,5,7-9,11,21H2,1-2H3/b6-4+,12-10+. The van der Waals surface area contributed by atoms with Crippen molar-refractivity contribution in [1.82, 2.24) is 0 Å². The third kappa shape index (κ3) is 8.82. The molecule has 0 heterocycles. The minimum absolute atomic E-state index is 0.386. The molecule has 2 rings (SSSR count). The van der Waals surface area contributed by atoms with Crippen molar-refractivity contribution in [3.8, 4) is 22.6 Å². The van der Waals surface area contributed by atoms with Gasteiger partial charge in [-0.25, -0.2) is 4.79 Å². The molecule has 29 heavy (non-hydrogen) atoms. The Bertz CT molecular complexity index is 771. The van der Waals surface area contributed by atoms with Crippen molar-refractivity contribution >= 4 is 5.97 Å². The van der Waals surface area contributed by atoms with Gasteiger partial charge in [-0.2, -0.15) is 0 Å². The van der Waals surface area contributed by atoms with Crippen LogP contribution in [0.1, 0.15) is 52.4 Å². The fourth-order valence-corrected chi connectivity index (χ4v) is 2.93. The number of esters is 1. The van der Waals surface area contributed by atoms with Crippen LogP contribution in [-0.2, 0) is 4.79 Å². The Morgan fingerprint density at radius 2 is 1.38 bits per heavy atom. The molecule has 0 N–H and O–H groups in total. The topological polar surface area (TPSA) is 35.5 Å². The van der Waals surface area contributed by atoms with Crippen LogP contribution in [-0.4, -0.2) is 12.6 Å². The third-order valence-electron chi connectivity index (χ3n) is 4.56. The second-order valence-electron chi connectivity index (χ2n) is 6.97. The highest BCUT2D eigenvalue weighted by Crippen LogP contribution is 2.25. The van der Waals surface area contributed by atoms with Crippen molar-refractivity contribution < 1.29 is 14.3 Å². The molecular weight excluding hydrogens is 360 g/mol. The van der Waals surface area contributed by atoms with Gasteiger partial charge < -0.3 is 9.47 Å². The van der Waals surface area contributed by atoms with Crippen LogP contribution in [0.4, 0.5) is 0 Å². The summed E-state index contributed by atoms with van der Waals surface area (Å²) >= 11 is 0. The molecule has 0 atom stereocenters. The van der Waals surface area contributed by atoms with Gasteiger partial charge in [0.1, 0.15) is 11.5 Å². The van der Waals surface area contributed by atoms with E-state index in [4.69, 9.17) is 9.47 Å². The lowest BCUT2D eigenvalue weighted by Gasteiger charge is -2.08. The Hall–Kier alpha value is -2.81. The van der Waals surface area contributed by atoms with Crippen LogP contribution < -0.4 is 9.47 Å². The van der Waals surface area contributed by atoms with Gasteiger partial charge in [0.15, 0.2) is 0 Å². The first-order valence-corrected chi connectivity index (χ1v) is 10.6. The number of carbonyl (C=O) groups excluding carboxylic acids is 1. The fourth-order valence-electron chi connectivity index (χ4n) is 2.93. The molecule has 0 saturated carbocycles. The largest absolute Gasteiger partial charge is 0.494 e. The van der Waals surface area contributed by atoms with Gasteiger partial charge in [-0.1, -0.05) is 81.5 Å². The van der Waals surface area contributed by atoms with Gasteiger partial charge in [0, 0.05) is 6.08 Å². The average Bonchev–Trinajstić information content (AvgIpc) is 2.74. The number of carbonyl (C=O) groups is 1. The molecule has 0 radical (unpaired) electrons. The zero-order valence-electron chi connectivity index (χ0n) is 17.6. The summed E-state index contributed by atoms with van der Waals surface area (Å²) in [5.41, 5.74) is 2.17. The summed E-state index contributed by atoms with van der Waals surface area (Å²) in [4.78, 5) is 11.7. The van der Waals surface area contributed by atoms with Gasteiger partial charge in [0.05, 0.1) is 6.61 Å². The maximum atomic E-state index is 11.7. The number of unbranched alkanes of at least 4 members (excludes halogenated alkanes) is 5. The van der Waals surface area contributed by atoms with Crippen LogP contribution in [0, 0.1) is 0 Å². The SMILES string of the molecule is C/C=C/C=C/C(=O)Oc1ccc(-c2ccc(OCCCCCCCC)cc2)cc1. The van der Waals surface area contributed by atoms with Crippen molar-refractivity contribution in [2.24, 2.45) is 0 Å². The first kappa shape index (κ1) is 22.5. The second-order valence-corrected chi connectivity index (χ2v) is 6.97. The number of hydrogen-bond donors (Lipinski definition) is 0. The fraction of sp³-hybridized carbons (Fsp3) is 0.346. The van der Waals surface area contributed by atoms with Crippen molar-refractivity contribution in [2.45, 2.75) is 52.4 Å². The molecule has 154 valence electrons. The average molecular weight is 393 g/mol. The first-order valence-electron chi connectivity index (χ1n) is 10.6. The zero-order valence-corrected chi connectivity index (χ0v) is 17.6. The molecular formula is C26H32O3. The van der Waals surface area contributed by atoms with E-state index in [2.05, 4.69) is 19.1 Å². The van der Waals surface area contributed by atoms with E-state index in [1.54, 1.807) is 24.3 Å². The van der Waals surface area contributed by atoms with Crippen LogP contribution >= 0.6 is 0 Å². The summed E-state index contributed by atoms with van der Waals surface area (Å²) in [5.74, 6) is 1.05. The van der Waals surface area contributed by atoms with E-state index in [1.165, 1.54) is 38.2 Å². The Morgan fingerprint density at radius 1 is 0.793 bits per heavy atom. The van der Waals surface area contributed by atoms with E-state index in [0.717, 1.165) is 29.9 Å². The van der Waals surface area contributed by atoms with Gasteiger partial charge in [0.2, 0.25) is 0 Å². The summed E-state index contributed by atoms with van der Waals surface area (Å²) < 4.78 is 11.1. The van der Waals surface area contributed by atoms with E-state index in [0.29, 0.717) is 5.75 Å². The van der Waals surface area contributed by atoms with Gasteiger partial charge in [-0.05, 0) is 48.7 Å². The predicted molar refractivity (Wildman–Crippen MR) is 120 cm³/mol. The van der Waals surface area contributed by atoms with E-state index in [9.17, 15) is 4.79 Å². The van der Waals surface area contributed by atoms with Crippen LogP contribution in [0.25, 0.3) is 11.1 Å². The molecule has 0 saturated heterocycles. The smallest absolute Gasteiger partial charge is 0.336 e. The van der Waals surface area contributed by atoms with E-state index < -0.39 is 0 Å². The Kier molecular flexibility index (Phi) is 10.4. The maximum absolute atomic E-state index is 11.7. The number of allylic oxidation sites excluding steroid dienone is 3. The molecule has 2 aromatic rings. The molecule has 2 aromatic carbocycles.